The van der Waals surface area contributed by atoms with Crippen LogP contribution in [-0.2, 0) is 10.0 Å². The van der Waals surface area contributed by atoms with Gasteiger partial charge in [-0.05, 0) is 31.0 Å². The number of non-ortho nitro benzene ring substituents is 1. The van der Waals surface area contributed by atoms with Gasteiger partial charge < -0.3 is 5.32 Å². The second-order valence-corrected chi connectivity index (χ2v) is 9.01. The lowest BCUT2D eigenvalue weighted by atomic mass is 10.2. The standard InChI is InChI=1S/C16H17N3O4S2/c17-25(22,23)15-10-12(19(20)21)6-7-14(15)18-11-16(8-9-16)24-13-4-2-1-3-5-13/h1-7,10,18H,8-9,11H2,(H2,17,22,23). The maximum atomic E-state index is 11.8. The molecular formula is C16H17N3O4S2. The minimum atomic E-state index is -4.07. The summed E-state index contributed by atoms with van der Waals surface area (Å²) in [6.07, 6.45) is 2.02. The zero-order valence-corrected chi connectivity index (χ0v) is 14.8. The first-order chi connectivity index (χ1) is 11.8. The fraction of sp³-hybridized carbons (Fsp3) is 0.250. The maximum absolute atomic E-state index is 11.8. The van der Waals surface area contributed by atoms with E-state index in [1.54, 1.807) is 11.8 Å². The molecule has 0 aliphatic heterocycles. The molecule has 0 spiro atoms. The van der Waals surface area contributed by atoms with Gasteiger partial charge in [0.15, 0.2) is 0 Å². The predicted molar refractivity (Wildman–Crippen MR) is 97.2 cm³/mol. The highest BCUT2D eigenvalue weighted by atomic mass is 32.2. The molecule has 1 fully saturated rings. The Labute approximate surface area is 149 Å². The second kappa shape index (κ2) is 6.66. The van der Waals surface area contributed by atoms with Crippen molar-refractivity contribution in [1.82, 2.24) is 0 Å². The Bertz CT molecular complexity index is 897. The van der Waals surface area contributed by atoms with Crippen LogP contribution in [0.4, 0.5) is 11.4 Å². The van der Waals surface area contributed by atoms with Crippen LogP contribution in [0, 0.1) is 10.1 Å². The Balaban J connectivity index is 1.78. The summed E-state index contributed by atoms with van der Waals surface area (Å²) in [5.74, 6) is 0. The van der Waals surface area contributed by atoms with Crippen molar-refractivity contribution in [3.63, 3.8) is 0 Å². The summed E-state index contributed by atoms with van der Waals surface area (Å²) in [4.78, 5) is 11.1. The number of nitrogens with two attached hydrogens (primary N) is 1. The minimum Gasteiger partial charge on any atom is -0.383 e. The van der Waals surface area contributed by atoms with Crippen LogP contribution >= 0.6 is 11.8 Å². The SMILES string of the molecule is NS(=O)(=O)c1cc([N+](=O)[O-])ccc1NCC1(Sc2ccccc2)CC1. The summed E-state index contributed by atoms with van der Waals surface area (Å²) in [6, 6.07) is 13.6. The summed E-state index contributed by atoms with van der Waals surface area (Å²) >= 11 is 1.75. The molecule has 2 aromatic carbocycles. The largest absolute Gasteiger partial charge is 0.383 e. The number of hydrogen-bond donors (Lipinski definition) is 2. The zero-order chi connectivity index (χ0) is 18.1. The Morgan fingerprint density at radius 1 is 1.20 bits per heavy atom. The van der Waals surface area contributed by atoms with E-state index in [0.717, 1.165) is 23.8 Å². The Morgan fingerprint density at radius 2 is 1.88 bits per heavy atom. The van der Waals surface area contributed by atoms with Crippen molar-refractivity contribution in [2.75, 3.05) is 11.9 Å². The first kappa shape index (κ1) is 17.7. The van der Waals surface area contributed by atoms with Gasteiger partial charge >= 0.3 is 0 Å². The van der Waals surface area contributed by atoms with Crippen LogP contribution in [0.3, 0.4) is 0 Å². The quantitative estimate of drug-likeness (QED) is 0.564. The zero-order valence-electron chi connectivity index (χ0n) is 13.2. The van der Waals surface area contributed by atoms with Crippen molar-refractivity contribution < 1.29 is 13.3 Å². The molecule has 0 radical (unpaired) electrons. The van der Waals surface area contributed by atoms with Gasteiger partial charge in [-0.2, -0.15) is 0 Å². The van der Waals surface area contributed by atoms with E-state index in [0.29, 0.717) is 6.54 Å². The molecule has 7 nitrogen and oxygen atoms in total. The topological polar surface area (TPSA) is 115 Å². The van der Waals surface area contributed by atoms with Gasteiger partial charge in [-0.3, -0.25) is 10.1 Å². The second-order valence-electron chi connectivity index (χ2n) is 5.93. The summed E-state index contributed by atoms with van der Waals surface area (Å²) in [7, 11) is -4.07. The highest BCUT2D eigenvalue weighted by Gasteiger charge is 2.43. The van der Waals surface area contributed by atoms with E-state index in [2.05, 4.69) is 5.32 Å². The first-order valence-electron chi connectivity index (χ1n) is 7.58. The highest BCUT2D eigenvalue weighted by molar-refractivity contribution is 8.01. The Morgan fingerprint density at radius 3 is 2.44 bits per heavy atom. The third-order valence-corrected chi connectivity index (χ3v) is 6.41. The van der Waals surface area contributed by atoms with E-state index in [4.69, 9.17) is 5.14 Å². The van der Waals surface area contributed by atoms with E-state index in [-0.39, 0.29) is 21.0 Å². The molecule has 3 N–H and O–H groups in total. The lowest BCUT2D eigenvalue weighted by Crippen LogP contribution is -2.21. The molecule has 25 heavy (non-hydrogen) atoms. The van der Waals surface area contributed by atoms with Gasteiger partial charge in [-0.1, -0.05) is 18.2 Å². The maximum Gasteiger partial charge on any atom is 0.270 e. The fourth-order valence-electron chi connectivity index (χ4n) is 2.46. The average Bonchev–Trinajstić information content (AvgIpc) is 3.32. The normalized spacial score (nSPS) is 15.6. The predicted octanol–water partition coefficient (Wildman–Crippen LogP) is 2.98. The molecule has 0 atom stereocenters. The summed E-state index contributed by atoms with van der Waals surface area (Å²) in [6.45, 7) is 0.549. The molecule has 0 bridgehead atoms. The molecule has 0 amide bonds. The molecule has 0 unspecified atom stereocenters. The average molecular weight is 379 g/mol. The number of nitrogens with one attached hydrogen (secondary N) is 1. The van der Waals surface area contributed by atoms with E-state index in [1.807, 2.05) is 30.3 Å². The summed E-state index contributed by atoms with van der Waals surface area (Å²) in [5, 5.41) is 19.2. The van der Waals surface area contributed by atoms with Crippen molar-refractivity contribution in [2.45, 2.75) is 27.4 Å². The van der Waals surface area contributed by atoms with Crippen LogP contribution in [0.15, 0.2) is 58.3 Å². The van der Waals surface area contributed by atoms with E-state index in [9.17, 15) is 18.5 Å². The van der Waals surface area contributed by atoms with Crippen molar-refractivity contribution in [3.05, 3.63) is 58.6 Å². The lowest BCUT2D eigenvalue weighted by molar-refractivity contribution is -0.385. The van der Waals surface area contributed by atoms with Crippen molar-refractivity contribution in [1.29, 1.82) is 0 Å². The number of nitrogens with zero attached hydrogens (tertiary/aromatic N) is 1. The lowest BCUT2D eigenvalue weighted by Gasteiger charge is -2.18. The van der Waals surface area contributed by atoms with Gasteiger partial charge in [-0.15, -0.1) is 11.8 Å². The fourth-order valence-corrected chi connectivity index (χ4v) is 4.43. The number of benzene rings is 2. The summed E-state index contributed by atoms with van der Waals surface area (Å²) in [5.41, 5.74) is -0.0255. The molecule has 0 aromatic heterocycles. The minimum absolute atomic E-state index is 0.00123. The van der Waals surface area contributed by atoms with Gasteiger partial charge in [0, 0.05) is 28.3 Å². The molecule has 1 saturated carbocycles. The Hall–Kier alpha value is -2.10. The number of primary sulfonamides is 1. The molecule has 3 rings (SSSR count). The molecule has 2 aromatic rings. The van der Waals surface area contributed by atoms with Gasteiger partial charge in [0.05, 0.1) is 10.6 Å². The number of sulfonamides is 1. The first-order valence-corrected chi connectivity index (χ1v) is 9.95. The van der Waals surface area contributed by atoms with Crippen molar-refractivity contribution in [2.24, 2.45) is 5.14 Å². The van der Waals surface area contributed by atoms with Crippen LogP contribution in [-0.4, -0.2) is 24.6 Å². The molecule has 132 valence electrons. The number of nitro benzene ring substituents is 1. The highest BCUT2D eigenvalue weighted by Crippen LogP contribution is 2.51. The van der Waals surface area contributed by atoms with Crippen LogP contribution in [0.25, 0.3) is 0 Å². The van der Waals surface area contributed by atoms with Gasteiger partial charge in [0.25, 0.3) is 5.69 Å². The van der Waals surface area contributed by atoms with Gasteiger partial charge in [-0.25, -0.2) is 13.6 Å². The van der Waals surface area contributed by atoms with E-state index >= 15 is 0 Å². The van der Waals surface area contributed by atoms with Crippen LogP contribution < -0.4 is 10.5 Å². The Kier molecular flexibility index (Phi) is 4.72. The van der Waals surface area contributed by atoms with Crippen molar-refractivity contribution in [3.8, 4) is 0 Å². The van der Waals surface area contributed by atoms with E-state index in [1.165, 1.54) is 12.1 Å². The molecule has 1 aliphatic carbocycles. The third kappa shape index (κ3) is 4.30. The van der Waals surface area contributed by atoms with E-state index < -0.39 is 14.9 Å². The number of rotatable bonds is 7. The van der Waals surface area contributed by atoms with Crippen LogP contribution in [0.2, 0.25) is 0 Å². The monoisotopic (exact) mass is 379 g/mol. The molecule has 9 heteroatoms. The third-order valence-electron chi connectivity index (χ3n) is 3.97. The summed E-state index contributed by atoms with van der Waals surface area (Å²) < 4.78 is 23.5. The van der Waals surface area contributed by atoms with Crippen LogP contribution in [0.5, 0.6) is 0 Å². The van der Waals surface area contributed by atoms with Gasteiger partial charge in [0.2, 0.25) is 10.0 Å². The smallest absolute Gasteiger partial charge is 0.270 e. The van der Waals surface area contributed by atoms with Crippen LogP contribution in [0.1, 0.15) is 12.8 Å². The number of anilines is 1. The number of hydrogen-bond acceptors (Lipinski definition) is 6. The number of nitro groups is 1. The van der Waals surface area contributed by atoms with Crippen molar-refractivity contribution >= 4 is 33.2 Å². The molecular weight excluding hydrogens is 362 g/mol. The number of thioether (sulfide) groups is 1. The molecule has 0 saturated heterocycles. The molecule has 1 aliphatic rings. The van der Waals surface area contributed by atoms with Gasteiger partial charge in [0.1, 0.15) is 4.90 Å². The molecule has 0 heterocycles.